The van der Waals surface area contributed by atoms with Crippen LogP contribution in [-0.4, -0.2) is 21.2 Å². The first-order chi connectivity index (χ1) is 13.2. The number of aromatic nitrogens is 2. The second-order valence-corrected chi connectivity index (χ2v) is 7.70. The van der Waals surface area contributed by atoms with Gasteiger partial charge in [0.15, 0.2) is 5.82 Å². The van der Waals surface area contributed by atoms with Crippen molar-refractivity contribution in [2.45, 2.75) is 43.3 Å². The molecule has 1 aromatic carbocycles. The molecule has 2 rings (SSSR count). The lowest BCUT2D eigenvalue weighted by molar-refractivity contribution is -0.137. The zero-order valence-corrected chi connectivity index (χ0v) is 17.1. The number of aryl methyl sites for hydroxylation is 1. The fraction of sp³-hybridized carbons (Fsp3) is 0.375. The van der Waals surface area contributed by atoms with Gasteiger partial charge in [0, 0.05) is 6.42 Å². The Bertz CT molecular complexity index is 904. The SMILES string of the molecule is CCCC(=O)Nc1c(SC(F)(F)F)c(C)nn1-c1c(Cl)cc(C(F)(F)F)cc1Cl. The van der Waals surface area contributed by atoms with Crippen molar-refractivity contribution in [2.75, 3.05) is 5.32 Å². The molecule has 0 aliphatic rings. The van der Waals surface area contributed by atoms with Crippen molar-refractivity contribution in [1.29, 1.82) is 0 Å². The summed E-state index contributed by atoms with van der Waals surface area (Å²) in [5.41, 5.74) is -6.24. The fourth-order valence-electron chi connectivity index (χ4n) is 2.38. The van der Waals surface area contributed by atoms with Crippen molar-refractivity contribution in [3.8, 4) is 5.69 Å². The highest BCUT2D eigenvalue weighted by Gasteiger charge is 2.36. The highest BCUT2D eigenvalue weighted by atomic mass is 35.5. The number of anilines is 1. The van der Waals surface area contributed by atoms with Gasteiger partial charge in [0.1, 0.15) is 5.69 Å². The molecule has 0 radical (unpaired) electrons. The average Bonchev–Trinajstić information content (AvgIpc) is 2.81. The Balaban J connectivity index is 2.69. The van der Waals surface area contributed by atoms with Crippen molar-refractivity contribution in [3.05, 3.63) is 33.4 Å². The number of benzene rings is 1. The molecular weight excluding hydrogens is 467 g/mol. The van der Waals surface area contributed by atoms with E-state index in [-0.39, 0.29) is 23.6 Å². The first-order valence-corrected chi connectivity index (χ1v) is 9.53. The van der Waals surface area contributed by atoms with Gasteiger partial charge in [-0.15, -0.1) is 0 Å². The Labute approximate surface area is 175 Å². The minimum Gasteiger partial charge on any atom is -0.310 e. The van der Waals surface area contributed by atoms with E-state index in [1.807, 2.05) is 0 Å². The number of alkyl halides is 6. The van der Waals surface area contributed by atoms with Crippen molar-refractivity contribution in [1.82, 2.24) is 9.78 Å². The maximum atomic E-state index is 13.0. The summed E-state index contributed by atoms with van der Waals surface area (Å²) >= 11 is 11.4. The molecule has 1 heterocycles. The normalized spacial score (nSPS) is 12.3. The van der Waals surface area contributed by atoms with E-state index in [9.17, 15) is 31.1 Å². The summed E-state index contributed by atoms with van der Waals surface area (Å²) in [6.45, 7) is 2.95. The molecule has 0 fully saturated rings. The van der Waals surface area contributed by atoms with Crippen LogP contribution in [0.3, 0.4) is 0 Å². The van der Waals surface area contributed by atoms with Crippen LogP contribution < -0.4 is 5.32 Å². The van der Waals surface area contributed by atoms with Crippen molar-refractivity contribution < 1.29 is 31.1 Å². The molecule has 0 bridgehead atoms. The highest BCUT2D eigenvalue weighted by molar-refractivity contribution is 8.00. The lowest BCUT2D eigenvalue weighted by atomic mass is 10.2. The minimum atomic E-state index is -4.73. The summed E-state index contributed by atoms with van der Waals surface area (Å²) < 4.78 is 78.6. The zero-order valence-electron chi connectivity index (χ0n) is 14.8. The fourth-order valence-corrected chi connectivity index (χ4v) is 3.68. The molecule has 0 aliphatic carbocycles. The van der Waals surface area contributed by atoms with Crippen LogP contribution in [0.25, 0.3) is 5.69 Å². The molecule has 0 saturated heterocycles. The number of thioether (sulfide) groups is 1. The topological polar surface area (TPSA) is 46.9 Å². The number of nitrogens with one attached hydrogen (secondary N) is 1. The molecule has 1 amide bonds. The van der Waals surface area contributed by atoms with E-state index in [0.717, 1.165) is 4.68 Å². The van der Waals surface area contributed by atoms with Gasteiger partial charge in [-0.25, -0.2) is 4.68 Å². The Morgan fingerprint density at radius 3 is 2.17 bits per heavy atom. The van der Waals surface area contributed by atoms with Crippen LogP contribution in [0.4, 0.5) is 32.2 Å². The lowest BCUT2D eigenvalue weighted by Crippen LogP contribution is -2.16. The molecule has 4 nitrogen and oxygen atoms in total. The van der Waals surface area contributed by atoms with Crippen LogP contribution in [0.15, 0.2) is 17.0 Å². The number of carbonyl (C=O) groups excluding carboxylic acids is 1. The van der Waals surface area contributed by atoms with Gasteiger partial charge in [-0.1, -0.05) is 30.1 Å². The van der Waals surface area contributed by atoms with Crippen LogP contribution >= 0.6 is 35.0 Å². The Morgan fingerprint density at radius 2 is 1.72 bits per heavy atom. The number of rotatable bonds is 5. The predicted molar refractivity (Wildman–Crippen MR) is 98.8 cm³/mol. The molecular formula is C16H13Cl2F6N3OS. The van der Waals surface area contributed by atoms with Crippen LogP contribution in [-0.2, 0) is 11.0 Å². The van der Waals surface area contributed by atoms with Crippen LogP contribution in [0.1, 0.15) is 31.0 Å². The molecule has 0 aliphatic heterocycles. The molecule has 1 N–H and O–H groups in total. The smallest absolute Gasteiger partial charge is 0.310 e. The van der Waals surface area contributed by atoms with Gasteiger partial charge >= 0.3 is 11.7 Å². The van der Waals surface area contributed by atoms with E-state index >= 15 is 0 Å². The quantitative estimate of drug-likeness (QED) is 0.376. The third kappa shape index (κ3) is 5.73. The maximum Gasteiger partial charge on any atom is 0.446 e. The van der Waals surface area contributed by atoms with Crippen LogP contribution in [0, 0.1) is 6.92 Å². The van der Waals surface area contributed by atoms with Gasteiger partial charge in [0.2, 0.25) is 5.91 Å². The average molecular weight is 480 g/mol. The maximum absolute atomic E-state index is 13.0. The monoisotopic (exact) mass is 479 g/mol. The number of nitrogens with zero attached hydrogens (tertiary/aromatic N) is 2. The number of amides is 1. The Morgan fingerprint density at radius 1 is 1.17 bits per heavy atom. The molecule has 0 spiro atoms. The molecule has 13 heteroatoms. The molecule has 0 unspecified atom stereocenters. The van der Waals surface area contributed by atoms with E-state index < -0.39 is 49.9 Å². The number of hydrogen-bond acceptors (Lipinski definition) is 3. The summed E-state index contributed by atoms with van der Waals surface area (Å²) in [5, 5.41) is 5.25. The van der Waals surface area contributed by atoms with Gasteiger partial charge in [0.05, 0.1) is 26.2 Å². The predicted octanol–water partition coefficient (Wildman–Crippen LogP) is 6.86. The zero-order chi connectivity index (χ0) is 22.1. The molecule has 160 valence electrons. The van der Waals surface area contributed by atoms with Crippen LogP contribution in [0.5, 0.6) is 0 Å². The summed E-state index contributed by atoms with van der Waals surface area (Å²) in [4.78, 5) is 11.6. The summed E-state index contributed by atoms with van der Waals surface area (Å²) in [7, 11) is 0. The molecule has 2 aromatic rings. The molecule has 29 heavy (non-hydrogen) atoms. The lowest BCUT2D eigenvalue weighted by Gasteiger charge is -2.15. The number of hydrogen-bond donors (Lipinski definition) is 1. The standard InChI is InChI=1S/C16H13Cl2F6N3OS/c1-3-4-11(28)25-14-13(29-16(22,23)24)7(2)26-27(14)12-9(17)5-8(6-10(12)18)15(19,20)21/h5-6H,3-4H2,1-2H3,(H,25,28). The molecule has 1 aromatic heterocycles. The Hall–Kier alpha value is -1.59. The minimum absolute atomic E-state index is 0.00876. The first kappa shape index (κ1) is 23.7. The van der Waals surface area contributed by atoms with E-state index in [0.29, 0.717) is 18.6 Å². The van der Waals surface area contributed by atoms with E-state index in [2.05, 4.69) is 10.4 Å². The number of carbonyl (C=O) groups is 1. The highest BCUT2D eigenvalue weighted by Crippen LogP contribution is 2.45. The molecule has 0 atom stereocenters. The third-order valence-corrected chi connectivity index (χ3v) is 5.01. The van der Waals surface area contributed by atoms with Gasteiger partial charge in [-0.05, 0) is 37.2 Å². The number of halogens is 8. The van der Waals surface area contributed by atoms with Crippen molar-refractivity contribution >= 4 is 46.7 Å². The second kappa shape index (κ2) is 8.65. The largest absolute Gasteiger partial charge is 0.446 e. The van der Waals surface area contributed by atoms with E-state index in [1.165, 1.54) is 6.92 Å². The van der Waals surface area contributed by atoms with Gasteiger partial charge in [-0.2, -0.15) is 31.4 Å². The Kier molecular flexibility index (Phi) is 7.06. The summed E-state index contributed by atoms with van der Waals surface area (Å²) in [5.74, 6) is -0.983. The van der Waals surface area contributed by atoms with Crippen LogP contribution in [0.2, 0.25) is 10.0 Å². The third-order valence-electron chi connectivity index (χ3n) is 3.51. The first-order valence-electron chi connectivity index (χ1n) is 7.96. The second-order valence-electron chi connectivity index (χ2n) is 5.81. The van der Waals surface area contributed by atoms with Crippen molar-refractivity contribution in [2.24, 2.45) is 0 Å². The van der Waals surface area contributed by atoms with Gasteiger partial charge < -0.3 is 5.32 Å². The summed E-state index contributed by atoms with van der Waals surface area (Å²) in [6, 6.07) is 1.15. The van der Waals surface area contributed by atoms with Crippen molar-refractivity contribution in [3.63, 3.8) is 0 Å². The van der Waals surface area contributed by atoms with E-state index in [4.69, 9.17) is 23.2 Å². The van der Waals surface area contributed by atoms with Gasteiger partial charge in [-0.3, -0.25) is 4.79 Å². The summed E-state index contributed by atoms with van der Waals surface area (Å²) in [6.07, 6.45) is -4.31. The van der Waals surface area contributed by atoms with E-state index in [1.54, 1.807) is 6.92 Å². The van der Waals surface area contributed by atoms with Gasteiger partial charge in [0.25, 0.3) is 0 Å². The molecule has 0 saturated carbocycles.